The van der Waals surface area contributed by atoms with E-state index in [1.807, 2.05) is 0 Å². The van der Waals surface area contributed by atoms with Gasteiger partial charge in [0.25, 0.3) is 0 Å². The number of hydrogen-bond acceptors (Lipinski definition) is 5. The van der Waals surface area contributed by atoms with Crippen LogP contribution in [0.15, 0.2) is 33.5 Å². The smallest absolute Gasteiger partial charge is 0.374 e. The number of rotatable bonds is 3. The van der Waals surface area contributed by atoms with E-state index in [1.54, 1.807) is 25.1 Å². The standard InChI is InChI=1S/C20H21NO4/c1-2-24-20(23)19-14-17(22)16-9-8-15(13-18(16)25-19)7-6-12-21-10-4-3-5-11-21/h8-9,13-14H,2-5,10-12H2,1H3. The van der Waals surface area contributed by atoms with Gasteiger partial charge in [0.15, 0.2) is 5.43 Å². The van der Waals surface area contributed by atoms with Crippen molar-refractivity contribution in [2.45, 2.75) is 26.2 Å². The van der Waals surface area contributed by atoms with Gasteiger partial charge in [0.05, 0.1) is 18.5 Å². The number of fused-ring (bicyclic) bond motifs is 1. The van der Waals surface area contributed by atoms with Crippen LogP contribution in [0.3, 0.4) is 0 Å². The van der Waals surface area contributed by atoms with E-state index in [2.05, 4.69) is 16.7 Å². The highest BCUT2D eigenvalue weighted by Crippen LogP contribution is 2.15. The van der Waals surface area contributed by atoms with Crippen LogP contribution in [0.25, 0.3) is 11.0 Å². The Morgan fingerprint density at radius 1 is 1.24 bits per heavy atom. The zero-order valence-corrected chi connectivity index (χ0v) is 14.3. The number of ether oxygens (including phenoxy) is 1. The van der Waals surface area contributed by atoms with E-state index in [0.29, 0.717) is 11.0 Å². The summed E-state index contributed by atoms with van der Waals surface area (Å²) in [5, 5.41) is 0.426. The van der Waals surface area contributed by atoms with Gasteiger partial charge < -0.3 is 9.15 Å². The fourth-order valence-corrected chi connectivity index (χ4v) is 2.91. The molecule has 0 atom stereocenters. The predicted molar refractivity (Wildman–Crippen MR) is 95.6 cm³/mol. The molecular formula is C20H21NO4. The topological polar surface area (TPSA) is 59.8 Å². The van der Waals surface area contributed by atoms with Crippen molar-refractivity contribution in [3.63, 3.8) is 0 Å². The van der Waals surface area contributed by atoms with Crippen LogP contribution in [-0.2, 0) is 4.74 Å². The molecule has 1 aliphatic heterocycles. The summed E-state index contributed by atoms with van der Waals surface area (Å²) in [6.45, 7) is 4.87. The van der Waals surface area contributed by atoms with Gasteiger partial charge in [0.2, 0.25) is 5.76 Å². The van der Waals surface area contributed by atoms with Crippen molar-refractivity contribution in [3.8, 4) is 11.8 Å². The first-order valence-electron chi connectivity index (χ1n) is 8.63. The second kappa shape index (κ2) is 8.00. The quantitative estimate of drug-likeness (QED) is 0.636. The van der Waals surface area contributed by atoms with Gasteiger partial charge in [-0.05, 0) is 51.1 Å². The first kappa shape index (κ1) is 17.2. The molecule has 0 saturated carbocycles. The normalized spacial score (nSPS) is 14.8. The molecule has 0 aliphatic carbocycles. The maximum absolute atomic E-state index is 12.1. The van der Waals surface area contributed by atoms with Crippen LogP contribution < -0.4 is 5.43 Å². The summed E-state index contributed by atoms with van der Waals surface area (Å²) in [5.74, 6) is 5.56. The number of carbonyl (C=O) groups excluding carboxylic acids is 1. The van der Waals surface area contributed by atoms with E-state index in [9.17, 15) is 9.59 Å². The Hall–Kier alpha value is -2.58. The monoisotopic (exact) mass is 339 g/mol. The average molecular weight is 339 g/mol. The molecular weight excluding hydrogens is 318 g/mol. The Labute approximate surface area is 146 Å². The van der Waals surface area contributed by atoms with Crippen molar-refractivity contribution in [1.82, 2.24) is 4.90 Å². The molecule has 1 aliphatic rings. The van der Waals surface area contributed by atoms with Gasteiger partial charge in [-0.2, -0.15) is 0 Å². The van der Waals surface area contributed by atoms with Crippen LogP contribution >= 0.6 is 0 Å². The van der Waals surface area contributed by atoms with Crippen LogP contribution in [0, 0.1) is 11.8 Å². The van der Waals surface area contributed by atoms with Crippen molar-refractivity contribution >= 4 is 16.9 Å². The van der Waals surface area contributed by atoms with E-state index in [-0.39, 0.29) is 17.8 Å². The van der Waals surface area contributed by atoms with Crippen molar-refractivity contribution in [2.75, 3.05) is 26.2 Å². The third kappa shape index (κ3) is 4.28. The largest absolute Gasteiger partial charge is 0.460 e. The Bertz CT molecular complexity index is 882. The molecule has 1 saturated heterocycles. The molecule has 130 valence electrons. The highest BCUT2D eigenvalue weighted by molar-refractivity contribution is 5.89. The lowest BCUT2D eigenvalue weighted by Crippen LogP contribution is -2.29. The summed E-state index contributed by atoms with van der Waals surface area (Å²) < 4.78 is 10.4. The summed E-state index contributed by atoms with van der Waals surface area (Å²) in [5.41, 5.74) is 0.839. The lowest BCUT2D eigenvalue weighted by atomic mass is 10.1. The third-order valence-corrected chi connectivity index (χ3v) is 4.19. The molecule has 0 bridgehead atoms. The molecule has 1 fully saturated rings. The fraction of sp³-hybridized carbons (Fsp3) is 0.400. The summed E-state index contributed by atoms with van der Waals surface area (Å²) in [7, 11) is 0. The summed E-state index contributed by atoms with van der Waals surface area (Å²) >= 11 is 0. The molecule has 2 heterocycles. The first-order chi connectivity index (χ1) is 12.2. The highest BCUT2D eigenvalue weighted by atomic mass is 16.5. The summed E-state index contributed by atoms with van der Waals surface area (Å²) in [6, 6.07) is 6.35. The van der Waals surface area contributed by atoms with Crippen molar-refractivity contribution in [2.24, 2.45) is 0 Å². The van der Waals surface area contributed by atoms with Crippen molar-refractivity contribution < 1.29 is 13.9 Å². The lowest BCUT2D eigenvalue weighted by Gasteiger charge is -2.23. The number of likely N-dealkylation sites (tertiary alicyclic amines) is 1. The molecule has 0 spiro atoms. The summed E-state index contributed by atoms with van der Waals surface area (Å²) in [4.78, 5) is 26.3. The van der Waals surface area contributed by atoms with E-state index in [4.69, 9.17) is 9.15 Å². The first-order valence-corrected chi connectivity index (χ1v) is 8.63. The van der Waals surface area contributed by atoms with Gasteiger partial charge in [-0.15, -0.1) is 0 Å². The Morgan fingerprint density at radius 2 is 2.04 bits per heavy atom. The van der Waals surface area contributed by atoms with E-state index in [0.717, 1.165) is 25.2 Å². The lowest BCUT2D eigenvalue weighted by molar-refractivity contribution is 0.0490. The number of hydrogen-bond donors (Lipinski definition) is 0. The summed E-state index contributed by atoms with van der Waals surface area (Å²) in [6.07, 6.45) is 3.77. The number of esters is 1. The van der Waals surface area contributed by atoms with Crippen LogP contribution in [-0.4, -0.2) is 37.1 Å². The van der Waals surface area contributed by atoms with Crippen molar-refractivity contribution in [3.05, 3.63) is 45.8 Å². The van der Waals surface area contributed by atoms with Crippen LogP contribution in [0.1, 0.15) is 42.3 Å². The molecule has 5 nitrogen and oxygen atoms in total. The van der Waals surface area contributed by atoms with Crippen LogP contribution in [0.4, 0.5) is 0 Å². The number of piperidine rings is 1. The van der Waals surface area contributed by atoms with E-state index < -0.39 is 5.97 Å². The molecule has 5 heteroatoms. The van der Waals surface area contributed by atoms with Crippen LogP contribution in [0.2, 0.25) is 0 Å². The number of carbonyl (C=O) groups is 1. The van der Waals surface area contributed by atoms with E-state index >= 15 is 0 Å². The second-order valence-electron chi connectivity index (χ2n) is 6.04. The maximum Gasteiger partial charge on any atom is 0.374 e. The predicted octanol–water partition coefficient (Wildman–Crippen LogP) is 2.81. The highest BCUT2D eigenvalue weighted by Gasteiger charge is 2.13. The maximum atomic E-state index is 12.1. The SMILES string of the molecule is CCOC(=O)c1cc(=O)c2ccc(C#CCN3CCCCC3)cc2o1. The van der Waals surface area contributed by atoms with Crippen molar-refractivity contribution in [1.29, 1.82) is 0 Å². The fourth-order valence-electron chi connectivity index (χ4n) is 2.91. The second-order valence-corrected chi connectivity index (χ2v) is 6.04. The van der Waals surface area contributed by atoms with Crippen LogP contribution in [0.5, 0.6) is 0 Å². The zero-order chi connectivity index (χ0) is 17.6. The average Bonchev–Trinajstić information content (AvgIpc) is 2.62. The Morgan fingerprint density at radius 3 is 2.80 bits per heavy atom. The minimum Gasteiger partial charge on any atom is -0.460 e. The van der Waals surface area contributed by atoms with Gasteiger partial charge in [0, 0.05) is 11.6 Å². The minimum absolute atomic E-state index is 0.0854. The van der Waals surface area contributed by atoms with Gasteiger partial charge in [-0.3, -0.25) is 9.69 Å². The molecule has 0 radical (unpaired) electrons. The minimum atomic E-state index is -0.636. The molecule has 3 rings (SSSR count). The molecule has 2 aromatic rings. The molecule has 25 heavy (non-hydrogen) atoms. The molecule has 1 aromatic carbocycles. The third-order valence-electron chi connectivity index (χ3n) is 4.19. The molecule has 1 aromatic heterocycles. The number of benzene rings is 1. The molecule has 0 amide bonds. The molecule has 0 N–H and O–H groups in total. The van der Waals surface area contributed by atoms with Gasteiger partial charge in [-0.1, -0.05) is 18.3 Å². The van der Waals surface area contributed by atoms with Gasteiger partial charge in [0.1, 0.15) is 5.58 Å². The zero-order valence-electron chi connectivity index (χ0n) is 14.3. The number of nitrogens with zero attached hydrogens (tertiary/aromatic N) is 1. The Kier molecular flexibility index (Phi) is 5.52. The van der Waals surface area contributed by atoms with E-state index in [1.165, 1.54) is 25.3 Å². The molecule has 0 unspecified atom stereocenters. The van der Waals surface area contributed by atoms with Gasteiger partial charge in [-0.25, -0.2) is 4.79 Å². The Balaban J connectivity index is 1.83. The van der Waals surface area contributed by atoms with Gasteiger partial charge >= 0.3 is 5.97 Å².